The Hall–Kier alpha value is -3.43. The molecule has 10 nitrogen and oxygen atoms in total. The van der Waals surface area contributed by atoms with Crippen molar-refractivity contribution in [2.75, 3.05) is 6.61 Å². The van der Waals surface area contributed by atoms with E-state index < -0.39 is 36.0 Å². The van der Waals surface area contributed by atoms with Gasteiger partial charge in [0.1, 0.15) is 17.3 Å². The van der Waals surface area contributed by atoms with Gasteiger partial charge in [-0.2, -0.15) is 0 Å². The number of carbonyl (C=O) groups excluding carboxylic acids is 4. The van der Waals surface area contributed by atoms with Gasteiger partial charge in [0.05, 0.1) is 6.54 Å². The summed E-state index contributed by atoms with van der Waals surface area (Å²) in [7, 11) is 0. The Morgan fingerprint density at radius 1 is 1.27 bits per heavy atom. The van der Waals surface area contributed by atoms with E-state index in [-0.39, 0.29) is 31.2 Å². The summed E-state index contributed by atoms with van der Waals surface area (Å²) in [5, 5.41) is 14.1. The molecule has 0 aromatic heterocycles. The Bertz CT molecular complexity index is 954. The highest BCUT2D eigenvalue weighted by atomic mass is 16.5. The third-order valence-electron chi connectivity index (χ3n) is 5.89. The third-order valence-corrected chi connectivity index (χ3v) is 5.89. The summed E-state index contributed by atoms with van der Waals surface area (Å²) < 4.78 is 5.59. The fourth-order valence-corrected chi connectivity index (χ4v) is 4.06. The van der Waals surface area contributed by atoms with Gasteiger partial charge in [-0.05, 0) is 37.8 Å². The number of carbonyl (C=O) groups is 5. The monoisotopic (exact) mass is 415 g/mol. The van der Waals surface area contributed by atoms with E-state index in [1.807, 2.05) is 0 Å². The van der Waals surface area contributed by atoms with Crippen molar-refractivity contribution in [2.45, 2.75) is 50.2 Å². The fraction of sp³-hybridized carbons (Fsp3) is 0.450. The molecule has 1 atom stereocenters. The van der Waals surface area contributed by atoms with E-state index in [1.165, 1.54) is 4.90 Å². The molecule has 1 aromatic rings. The number of carboxylic acid groups (broad SMARTS) is 1. The van der Waals surface area contributed by atoms with Gasteiger partial charge in [-0.15, -0.1) is 0 Å². The van der Waals surface area contributed by atoms with Crippen LogP contribution < -0.4 is 15.4 Å². The lowest BCUT2D eigenvalue weighted by Gasteiger charge is -2.38. The van der Waals surface area contributed by atoms with Crippen LogP contribution in [-0.2, 0) is 25.7 Å². The molecule has 1 aromatic carbocycles. The standard InChI is InChI=1S/C20H21N3O7/c24-15-6-5-13(17(26)21-15)23-9-12-11(18(23)27)3-1-4-14(12)30-10-16(25)22-20(19(28)29)7-2-8-20/h1,3-4,13H,2,5-10H2,(H,22,25)(H,28,29)(H,21,24,26). The lowest BCUT2D eigenvalue weighted by atomic mass is 9.77. The van der Waals surface area contributed by atoms with Crippen molar-refractivity contribution in [2.24, 2.45) is 0 Å². The molecule has 1 aliphatic carbocycles. The van der Waals surface area contributed by atoms with E-state index in [1.54, 1.807) is 18.2 Å². The van der Waals surface area contributed by atoms with Crippen LogP contribution in [-0.4, -0.2) is 57.8 Å². The van der Waals surface area contributed by atoms with E-state index >= 15 is 0 Å². The second kappa shape index (κ2) is 7.43. The first-order chi connectivity index (χ1) is 14.3. The minimum atomic E-state index is -1.22. The van der Waals surface area contributed by atoms with Gasteiger partial charge in [0.25, 0.3) is 11.8 Å². The average molecular weight is 415 g/mol. The highest BCUT2D eigenvalue weighted by molar-refractivity contribution is 6.05. The SMILES string of the molecule is O=C1CCC(N2Cc3c(OCC(=O)NC4(C(=O)O)CCC4)cccc3C2=O)C(=O)N1. The summed E-state index contributed by atoms with van der Waals surface area (Å²) in [6, 6.07) is 4.10. The zero-order chi connectivity index (χ0) is 21.5. The second-order valence-electron chi connectivity index (χ2n) is 7.76. The first-order valence-electron chi connectivity index (χ1n) is 9.74. The summed E-state index contributed by atoms with van der Waals surface area (Å²) in [5.74, 6) is -2.50. The topological polar surface area (TPSA) is 142 Å². The molecule has 0 radical (unpaired) electrons. The molecule has 4 rings (SSSR count). The minimum Gasteiger partial charge on any atom is -0.483 e. The van der Waals surface area contributed by atoms with Gasteiger partial charge in [-0.3, -0.25) is 24.5 Å². The Balaban J connectivity index is 1.44. The van der Waals surface area contributed by atoms with Crippen molar-refractivity contribution in [3.8, 4) is 5.75 Å². The number of piperidine rings is 1. The number of imide groups is 1. The van der Waals surface area contributed by atoms with E-state index in [0.717, 1.165) is 6.42 Å². The van der Waals surface area contributed by atoms with Crippen LogP contribution in [0.4, 0.5) is 0 Å². The van der Waals surface area contributed by atoms with E-state index in [4.69, 9.17) is 4.74 Å². The van der Waals surface area contributed by atoms with E-state index in [0.29, 0.717) is 29.7 Å². The largest absolute Gasteiger partial charge is 0.483 e. The van der Waals surface area contributed by atoms with Crippen LogP contribution in [0.3, 0.4) is 0 Å². The van der Waals surface area contributed by atoms with E-state index in [9.17, 15) is 29.1 Å². The summed E-state index contributed by atoms with van der Waals surface area (Å²) >= 11 is 0. The molecule has 158 valence electrons. The molecule has 0 bridgehead atoms. The summed E-state index contributed by atoms with van der Waals surface area (Å²) in [6.45, 7) is -0.268. The number of ether oxygens (including phenoxy) is 1. The number of amides is 4. The average Bonchev–Trinajstić information content (AvgIpc) is 3.00. The predicted molar refractivity (Wildman–Crippen MR) is 100 cm³/mol. The molecule has 2 aliphatic heterocycles. The summed E-state index contributed by atoms with van der Waals surface area (Å²) in [5.41, 5.74) is -0.298. The Morgan fingerprint density at radius 2 is 2.03 bits per heavy atom. The third kappa shape index (κ3) is 3.38. The van der Waals surface area contributed by atoms with Gasteiger partial charge >= 0.3 is 5.97 Å². The van der Waals surface area contributed by atoms with Crippen LogP contribution in [0.1, 0.15) is 48.0 Å². The Morgan fingerprint density at radius 3 is 2.67 bits per heavy atom. The maximum absolute atomic E-state index is 12.8. The van der Waals surface area contributed by atoms with Gasteiger partial charge in [0.15, 0.2) is 6.61 Å². The fourth-order valence-electron chi connectivity index (χ4n) is 4.06. The van der Waals surface area contributed by atoms with Gasteiger partial charge in [0.2, 0.25) is 11.8 Å². The van der Waals surface area contributed by atoms with Gasteiger partial charge in [0, 0.05) is 17.5 Å². The first kappa shape index (κ1) is 19.9. The molecular formula is C20H21N3O7. The van der Waals surface area contributed by atoms with Crippen molar-refractivity contribution >= 4 is 29.6 Å². The summed E-state index contributed by atoms with van der Waals surface area (Å²) in [4.78, 5) is 61.3. The van der Waals surface area contributed by atoms with Gasteiger partial charge < -0.3 is 20.1 Å². The molecule has 10 heteroatoms. The number of aliphatic carboxylic acids is 1. The first-order valence-corrected chi connectivity index (χ1v) is 9.74. The number of hydrogen-bond acceptors (Lipinski definition) is 6. The summed E-state index contributed by atoms with van der Waals surface area (Å²) in [6.07, 6.45) is 1.90. The molecule has 3 N–H and O–H groups in total. The quantitative estimate of drug-likeness (QED) is 0.553. The van der Waals surface area contributed by atoms with Crippen LogP contribution in [0.2, 0.25) is 0 Å². The number of carboxylic acids is 1. The minimum absolute atomic E-state index is 0.122. The zero-order valence-electron chi connectivity index (χ0n) is 16.1. The molecule has 3 aliphatic rings. The molecule has 2 heterocycles. The normalized spacial score (nSPS) is 22.1. The zero-order valence-corrected chi connectivity index (χ0v) is 16.1. The highest BCUT2D eigenvalue weighted by Crippen LogP contribution is 2.34. The number of nitrogens with one attached hydrogen (secondary N) is 2. The van der Waals surface area contributed by atoms with Crippen molar-refractivity contribution < 1.29 is 33.8 Å². The van der Waals surface area contributed by atoms with Crippen LogP contribution in [0.25, 0.3) is 0 Å². The molecule has 1 saturated carbocycles. The van der Waals surface area contributed by atoms with E-state index in [2.05, 4.69) is 10.6 Å². The van der Waals surface area contributed by atoms with Crippen molar-refractivity contribution in [1.82, 2.24) is 15.5 Å². The number of hydrogen-bond donors (Lipinski definition) is 3. The highest BCUT2D eigenvalue weighted by Gasteiger charge is 2.46. The molecule has 2 fully saturated rings. The van der Waals surface area contributed by atoms with Crippen LogP contribution in [0, 0.1) is 0 Å². The molecular weight excluding hydrogens is 394 g/mol. The van der Waals surface area contributed by atoms with Crippen LogP contribution in [0.15, 0.2) is 18.2 Å². The Labute approximate surface area is 171 Å². The second-order valence-corrected chi connectivity index (χ2v) is 7.76. The smallest absolute Gasteiger partial charge is 0.329 e. The van der Waals surface area contributed by atoms with Crippen molar-refractivity contribution in [3.05, 3.63) is 29.3 Å². The van der Waals surface area contributed by atoms with Crippen LogP contribution >= 0.6 is 0 Å². The maximum atomic E-state index is 12.8. The number of nitrogens with zero attached hydrogens (tertiary/aromatic N) is 1. The van der Waals surface area contributed by atoms with Gasteiger partial charge in [-0.25, -0.2) is 4.79 Å². The molecule has 1 unspecified atom stereocenters. The predicted octanol–water partition coefficient (Wildman–Crippen LogP) is -0.0501. The lowest BCUT2D eigenvalue weighted by Crippen LogP contribution is -2.59. The Kier molecular flexibility index (Phi) is 4.92. The molecule has 30 heavy (non-hydrogen) atoms. The number of fused-ring (bicyclic) bond motifs is 1. The molecule has 0 spiro atoms. The van der Waals surface area contributed by atoms with Gasteiger partial charge in [-0.1, -0.05) is 6.07 Å². The van der Waals surface area contributed by atoms with Crippen LogP contribution in [0.5, 0.6) is 5.75 Å². The molecule has 4 amide bonds. The number of benzene rings is 1. The molecule has 1 saturated heterocycles. The lowest BCUT2D eigenvalue weighted by molar-refractivity contribution is -0.152. The maximum Gasteiger partial charge on any atom is 0.329 e. The van der Waals surface area contributed by atoms with Crippen molar-refractivity contribution in [3.63, 3.8) is 0 Å². The van der Waals surface area contributed by atoms with Crippen molar-refractivity contribution in [1.29, 1.82) is 0 Å². The number of rotatable bonds is 6.